The van der Waals surface area contributed by atoms with Crippen molar-refractivity contribution in [2.24, 2.45) is 0 Å². The molecule has 170 valence electrons. The molecule has 0 bridgehead atoms. The predicted octanol–water partition coefficient (Wildman–Crippen LogP) is 6.11. The topological polar surface area (TPSA) is 41.5 Å². The highest BCUT2D eigenvalue weighted by Gasteiger charge is 2.41. The lowest BCUT2D eigenvalue weighted by Crippen LogP contribution is -2.43. The minimum Gasteiger partial charge on any atom is -0.457 e. The van der Waals surface area contributed by atoms with E-state index in [0.29, 0.717) is 11.5 Å². The van der Waals surface area contributed by atoms with Crippen LogP contribution in [-0.2, 0) is 5.75 Å². The molecule has 3 rings (SSSR count). The predicted molar refractivity (Wildman–Crippen MR) is 118 cm³/mol. The number of nitrogens with one attached hydrogen (secondary N) is 1. The lowest BCUT2D eigenvalue weighted by Gasteiger charge is -2.27. The minimum absolute atomic E-state index is 0.00656. The quantitative estimate of drug-likeness (QED) is 0.355. The first-order valence-corrected chi connectivity index (χ1v) is 11.1. The Morgan fingerprint density at radius 1 is 0.906 bits per heavy atom. The number of rotatable bonds is 10. The summed E-state index contributed by atoms with van der Waals surface area (Å²) in [5, 5.41) is 12.2. The molecule has 0 fully saturated rings. The third kappa shape index (κ3) is 7.25. The van der Waals surface area contributed by atoms with E-state index in [0.717, 1.165) is 5.56 Å². The molecule has 0 heterocycles. The summed E-state index contributed by atoms with van der Waals surface area (Å²) >= 11 is 1.36. The molecule has 2 N–H and O–H groups in total. The third-order valence-corrected chi connectivity index (χ3v) is 5.80. The zero-order valence-corrected chi connectivity index (χ0v) is 17.9. The first-order chi connectivity index (χ1) is 15.3. The van der Waals surface area contributed by atoms with E-state index in [1.54, 1.807) is 42.5 Å². The highest BCUT2D eigenvalue weighted by molar-refractivity contribution is 7.98. The molecule has 3 nitrogen and oxygen atoms in total. The number of thioether (sulfide) groups is 1. The van der Waals surface area contributed by atoms with E-state index in [1.807, 2.05) is 6.07 Å². The summed E-state index contributed by atoms with van der Waals surface area (Å²) in [6.45, 7) is -0.455. The van der Waals surface area contributed by atoms with E-state index in [2.05, 4.69) is 5.32 Å². The zero-order chi connectivity index (χ0) is 23.0. The fourth-order valence-corrected chi connectivity index (χ4v) is 4.08. The fraction of sp³-hybridized carbons (Fsp3) is 0.250. The molecule has 32 heavy (non-hydrogen) atoms. The molecular formula is C24H23F4NO2S. The average Bonchev–Trinajstić information content (AvgIpc) is 2.77. The molecule has 0 aliphatic rings. The van der Waals surface area contributed by atoms with Gasteiger partial charge in [0.2, 0.25) is 0 Å². The van der Waals surface area contributed by atoms with Crippen LogP contribution in [0, 0.1) is 5.82 Å². The Bertz CT molecular complexity index is 968. The Kier molecular flexibility index (Phi) is 8.55. The van der Waals surface area contributed by atoms with Crippen molar-refractivity contribution in [3.05, 3.63) is 95.8 Å². The van der Waals surface area contributed by atoms with Crippen LogP contribution in [0.3, 0.4) is 0 Å². The van der Waals surface area contributed by atoms with Crippen LogP contribution < -0.4 is 10.1 Å². The molecule has 0 amide bonds. The minimum atomic E-state index is -4.57. The molecule has 2 atom stereocenters. The van der Waals surface area contributed by atoms with Gasteiger partial charge in [-0.1, -0.05) is 42.5 Å². The van der Waals surface area contributed by atoms with Crippen LogP contribution >= 0.6 is 11.8 Å². The summed E-state index contributed by atoms with van der Waals surface area (Å²) in [4.78, 5) is 0. The van der Waals surface area contributed by atoms with Crippen molar-refractivity contribution in [3.8, 4) is 11.5 Å². The average molecular weight is 466 g/mol. The molecule has 0 aliphatic heterocycles. The van der Waals surface area contributed by atoms with Gasteiger partial charge in [0, 0.05) is 17.5 Å². The van der Waals surface area contributed by atoms with Crippen LogP contribution in [0.15, 0.2) is 78.9 Å². The molecule has 0 saturated carbocycles. The van der Waals surface area contributed by atoms with Gasteiger partial charge in [-0.2, -0.15) is 24.9 Å². The van der Waals surface area contributed by atoms with E-state index in [9.17, 15) is 22.7 Å². The maximum Gasteiger partial charge on any atom is 0.407 e. The third-order valence-electron chi connectivity index (χ3n) is 4.62. The van der Waals surface area contributed by atoms with Gasteiger partial charge in [0.25, 0.3) is 0 Å². The SMILES string of the molecule is OCC(CSCc1ccc(F)cc1)N[C@H](c1cccc(Oc2ccccc2)c1)C(F)(F)F. The standard InChI is InChI=1S/C24H23F4NO2S/c25-19-11-9-17(10-12-19)15-32-16-20(14-30)29-23(24(26,27)28)18-5-4-8-22(13-18)31-21-6-2-1-3-7-21/h1-13,20,23,29-30H,14-16H2/t20?,23-/m1/s1. The summed E-state index contributed by atoms with van der Waals surface area (Å²) in [7, 11) is 0. The summed E-state index contributed by atoms with van der Waals surface area (Å²) < 4.78 is 60.2. The molecule has 3 aromatic carbocycles. The number of halogens is 4. The molecule has 0 spiro atoms. The number of hydrogen-bond acceptors (Lipinski definition) is 4. The molecular weight excluding hydrogens is 442 g/mol. The molecule has 8 heteroatoms. The molecule has 0 aromatic heterocycles. The van der Waals surface area contributed by atoms with Crippen molar-refractivity contribution >= 4 is 11.8 Å². The lowest BCUT2D eigenvalue weighted by atomic mass is 10.1. The normalized spacial score (nSPS) is 13.5. The van der Waals surface area contributed by atoms with Crippen molar-refractivity contribution < 1.29 is 27.4 Å². The van der Waals surface area contributed by atoms with Gasteiger partial charge < -0.3 is 9.84 Å². The smallest absolute Gasteiger partial charge is 0.407 e. The number of aliphatic hydroxyl groups is 1. The molecule has 0 aliphatic carbocycles. The van der Waals surface area contributed by atoms with Crippen LogP contribution in [0.4, 0.5) is 17.6 Å². The first-order valence-electron chi connectivity index (χ1n) is 9.94. The van der Waals surface area contributed by atoms with E-state index in [1.165, 1.54) is 42.1 Å². The Morgan fingerprint density at radius 3 is 2.25 bits per heavy atom. The van der Waals surface area contributed by atoms with Crippen molar-refractivity contribution in [1.82, 2.24) is 5.32 Å². The Labute approximate surface area is 188 Å². The summed E-state index contributed by atoms with van der Waals surface area (Å²) in [6.07, 6.45) is -4.57. The van der Waals surface area contributed by atoms with Gasteiger partial charge in [-0.05, 0) is 47.5 Å². The van der Waals surface area contributed by atoms with Crippen molar-refractivity contribution in [1.29, 1.82) is 0 Å². The highest BCUT2D eigenvalue weighted by Crippen LogP contribution is 2.35. The number of ether oxygens (including phenoxy) is 1. The van der Waals surface area contributed by atoms with Crippen molar-refractivity contribution in [2.75, 3.05) is 12.4 Å². The van der Waals surface area contributed by atoms with Gasteiger partial charge in [0.1, 0.15) is 23.4 Å². The van der Waals surface area contributed by atoms with Gasteiger partial charge in [-0.15, -0.1) is 0 Å². The Morgan fingerprint density at radius 2 is 1.59 bits per heavy atom. The van der Waals surface area contributed by atoms with Gasteiger partial charge in [0.15, 0.2) is 0 Å². The molecule has 0 radical (unpaired) electrons. The second kappa shape index (κ2) is 11.4. The van der Waals surface area contributed by atoms with Crippen molar-refractivity contribution in [2.45, 2.75) is 24.0 Å². The van der Waals surface area contributed by atoms with Gasteiger partial charge in [-0.3, -0.25) is 5.32 Å². The molecule has 3 aromatic rings. The highest BCUT2D eigenvalue weighted by atomic mass is 32.2. The second-order valence-corrected chi connectivity index (χ2v) is 8.18. The summed E-state index contributed by atoms with van der Waals surface area (Å²) in [5.74, 6) is 1.21. The van der Waals surface area contributed by atoms with E-state index >= 15 is 0 Å². The van der Waals surface area contributed by atoms with Crippen LogP contribution in [0.25, 0.3) is 0 Å². The Balaban J connectivity index is 1.67. The van der Waals surface area contributed by atoms with Crippen molar-refractivity contribution in [3.63, 3.8) is 0 Å². The summed E-state index contributed by atoms with van der Waals surface area (Å²) in [5.41, 5.74) is 0.846. The van der Waals surface area contributed by atoms with E-state index in [4.69, 9.17) is 4.74 Å². The largest absolute Gasteiger partial charge is 0.457 e. The van der Waals surface area contributed by atoms with Crippen LogP contribution in [0.1, 0.15) is 17.2 Å². The Hall–Kier alpha value is -2.55. The van der Waals surface area contributed by atoms with E-state index in [-0.39, 0.29) is 22.9 Å². The van der Waals surface area contributed by atoms with E-state index < -0.39 is 24.9 Å². The fourth-order valence-electron chi connectivity index (χ4n) is 3.05. The van der Waals surface area contributed by atoms with Gasteiger partial charge in [-0.25, -0.2) is 4.39 Å². The number of para-hydroxylation sites is 1. The molecule has 1 unspecified atom stereocenters. The van der Waals surface area contributed by atoms with Gasteiger partial charge >= 0.3 is 6.18 Å². The van der Waals surface area contributed by atoms with Crippen LogP contribution in [0.2, 0.25) is 0 Å². The zero-order valence-electron chi connectivity index (χ0n) is 17.1. The number of benzene rings is 3. The maximum atomic E-state index is 13.9. The number of alkyl halides is 3. The van der Waals surface area contributed by atoms with Crippen LogP contribution in [0.5, 0.6) is 11.5 Å². The van der Waals surface area contributed by atoms with Crippen LogP contribution in [-0.4, -0.2) is 29.7 Å². The maximum absolute atomic E-state index is 13.9. The lowest BCUT2D eigenvalue weighted by molar-refractivity contribution is -0.159. The monoisotopic (exact) mass is 465 g/mol. The molecule has 0 saturated heterocycles. The van der Waals surface area contributed by atoms with Gasteiger partial charge in [0.05, 0.1) is 6.61 Å². The second-order valence-electron chi connectivity index (χ2n) is 7.15. The number of aliphatic hydroxyl groups excluding tert-OH is 1. The summed E-state index contributed by atoms with van der Waals surface area (Å²) in [6, 6.07) is 17.8. The number of hydrogen-bond donors (Lipinski definition) is 2. The first kappa shape index (κ1) is 24.1.